The van der Waals surface area contributed by atoms with Gasteiger partial charge in [-0.05, 0) is 135 Å². The summed E-state index contributed by atoms with van der Waals surface area (Å²) in [5.41, 5.74) is 0. The van der Waals surface area contributed by atoms with E-state index in [-0.39, 0.29) is 37.5 Å². The zero-order chi connectivity index (χ0) is 59.9. The standard InChI is InChI=1S/C77H126O6/c1-4-7-10-13-16-19-22-25-28-31-34-37-38-41-43-46-49-52-55-58-61-64-67-70-76(79)82-73-74(83-77(80)71-68-65-62-59-56-53-50-47-44-40-36-33-30-27-24-21-18-15-12-9-6-3)72-81-75(78)69-66-63-60-57-54-51-48-45-42-39-35-32-29-26-23-20-17-14-11-8-5-2/h7,9-10,12,16,18-19,21,25,27-28,30,32,34-37,40-41,43,49,52,58,61,74H,4-6,8,11,13-15,17,20,22-24,26,29,31,33,38-39,42,44-48,50-51,53-57,59-60,62-73H2,1-3H3/b10-7-,12-9-,19-16-,21-18-,28-25-,30-27-,35-32-,37-34-,40-36-,43-41-,52-49-,61-58-. The molecule has 0 spiro atoms. The van der Waals surface area contributed by atoms with Gasteiger partial charge in [0.15, 0.2) is 6.10 Å². The lowest BCUT2D eigenvalue weighted by molar-refractivity contribution is -0.167. The van der Waals surface area contributed by atoms with E-state index in [2.05, 4.69) is 167 Å². The Kier molecular flexibility index (Phi) is 65.8. The van der Waals surface area contributed by atoms with E-state index < -0.39 is 6.10 Å². The fourth-order valence-corrected chi connectivity index (χ4v) is 9.24. The van der Waals surface area contributed by atoms with Gasteiger partial charge in [0.25, 0.3) is 0 Å². The number of carbonyl (C=O) groups excluding carboxylic acids is 3. The zero-order valence-corrected chi connectivity index (χ0v) is 53.9. The van der Waals surface area contributed by atoms with Crippen LogP contribution in [0, 0.1) is 0 Å². The molecular weight excluding hydrogens is 1020 g/mol. The molecule has 0 saturated carbocycles. The lowest BCUT2D eigenvalue weighted by Gasteiger charge is -2.18. The minimum absolute atomic E-state index is 0.105. The molecule has 0 saturated heterocycles. The Morgan fingerprint density at radius 1 is 0.253 bits per heavy atom. The number of unbranched alkanes of at least 4 members (excludes halogenated alkanes) is 26. The van der Waals surface area contributed by atoms with Gasteiger partial charge in [-0.1, -0.05) is 295 Å². The third-order valence-corrected chi connectivity index (χ3v) is 14.3. The average Bonchev–Trinajstić information content (AvgIpc) is 3.49. The van der Waals surface area contributed by atoms with Crippen LogP contribution in [0.2, 0.25) is 0 Å². The van der Waals surface area contributed by atoms with Crippen molar-refractivity contribution >= 4 is 17.9 Å². The van der Waals surface area contributed by atoms with Crippen molar-refractivity contribution in [2.45, 2.75) is 309 Å². The fourth-order valence-electron chi connectivity index (χ4n) is 9.24. The third kappa shape index (κ3) is 68.0. The molecule has 0 fully saturated rings. The molecule has 6 heteroatoms. The van der Waals surface area contributed by atoms with Crippen LogP contribution < -0.4 is 0 Å². The van der Waals surface area contributed by atoms with Gasteiger partial charge in [-0.2, -0.15) is 0 Å². The second kappa shape index (κ2) is 69.8. The van der Waals surface area contributed by atoms with E-state index in [0.717, 1.165) is 122 Å². The molecule has 1 atom stereocenters. The first-order valence-corrected chi connectivity index (χ1v) is 34.3. The molecule has 0 N–H and O–H groups in total. The molecule has 0 aromatic rings. The van der Waals surface area contributed by atoms with Crippen molar-refractivity contribution in [1.29, 1.82) is 0 Å². The molecule has 0 bridgehead atoms. The quantitative estimate of drug-likeness (QED) is 0.0261. The van der Waals surface area contributed by atoms with Crippen LogP contribution in [-0.4, -0.2) is 37.2 Å². The fraction of sp³-hybridized carbons (Fsp3) is 0.649. The van der Waals surface area contributed by atoms with Crippen LogP contribution in [0.3, 0.4) is 0 Å². The Bertz CT molecular complexity index is 1800. The second-order valence-electron chi connectivity index (χ2n) is 22.3. The van der Waals surface area contributed by atoms with Crippen LogP contribution in [0.15, 0.2) is 146 Å². The van der Waals surface area contributed by atoms with E-state index in [1.165, 1.54) is 135 Å². The maximum atomic E-state index is 13.0. The van der Waals surface area contributed by atoms with Crippen molar-refractivity contribution in [1.82, 2.24) is 0 Å². The van der Waals surface area contributed by atoms with Crippen LogP contribution in [0.25, 0.3) is 0 Å². The van der Waals surface area contributed by atoms with Crippen LogP contribution in [0.5, 0.6) is 0 Å². The topological polar surface area (TPSA) is 78.9 Å². The van der Waals surface area contributed by atoms with Crippen LogP contribution in [-0.2, 0) is 28.6 Å². The van der Waals surface area contributed by atoms with Crippen molar-refractivity contribution in [3.8, 4) is 0 Å². The summed E-state index contributed by atoms with van der Waals surface area (Å²) in [6, 6.07) is 0. The van der Waals surface area contributed by atoms with Gasteiger partial charge in [0.2, 0.25) is 0 Å². The first kappa shape index (κ1) is 78.3. The predicted molar refractivity (Wildman–Crippen MR) is 362 cm³/mol. The molecule has 0 aliphatic heterocycles. The Balaban J connectivity index is 4.51. The molecule has 0 heterocycles. The largest absolute Gasteiger partial charge is 0.462 e. The lowest BCUT2D eigenvalue weighted by atomic mass is 10.1. The van der Waals surface area contributed by atoms with Gasteiger partial charge in [-0.25, -0.2) is 0 Å². The summed E-state index contributed by atoms with van der Waals surface area (Å²) in [6.07, 6.45) is 100. The number of ether oxygens (including phenoxy) is 3. The molecule has 0 amide bonds. The highest BCUT2D eigenvalue weighted by atomic mass is 16.6. The summed E-state index contributed by atoms with van der Waals surface area (Å²) in [7, 11) is 0. The highest BCUT2D eigenvalue weighted by Gasteiger charge is 2.19. The summed E-state index contributed by atoms with van der Waals surface area (Å²) in [5, 5.41) is 0. The zero-order valence-electron chi connectivity index (χ0n) is 53.9. The highest BCUT2D eigenvalue weighted by molar-refractivity contribution is 5.71. The minimum atomic E-state index is -0.816. The number of esters is 3. The Labute approximate surface area is 512 Å². The van der Waals surface area contributed by atoms with Crippen molar-refractivity contribution in [3.05, 3.63) is 146 Å². The van der Waals surface area contributed by atoms with E-state index in [4.69, 9.17) is 14.2 Å². The monoisotopic (exact) mass is 1150 g/mol. The van der Waals surface area contributed by atoms with Crippen molar-refractivity contribution in [3.63, 3.8) is 0 Å². The van der Waals surface area contributed by atoms with Crippen molar-refractivity contribution in [2.24, 2.45) is 0 Å². The van der Waals surface area contributed by atoms with Crippen molar-refractivity contribution < 1.29 is 28.6 Å². The molecule has 0 aliphatic carbocycles. The Morgan fingerprint density at radius 2 is 0.482 bits per heavy atom. The smallest absolute Gasteiger partial charge is 0.306 e. The van der Waals surface area contributed by atoms with E-state index >= 15 is 0 Å². The molecule has 0 aromatic heterocycles. The summed E-state index contributed by atoms with van der Waals surface area (Å²) in [6.45, 7) is 6.38. The van der Waals surface area contributed by atoms with Gasteiger partial charge in [-0.15, -0.1) is 0 Å². The summed E-state index contributed by atoms with van der Waals surface area (Å²) < 4.78 is 16.9. The van der Waals surface area contributed by atoms with Gasteiger partial charge in [0, 0.05) is 19.3 Å². The van der Waals surface area contributed by atoms with Gasteiger partial charge >= 0.3 is 17.9 Å². The first-order valence-electron chi connectivity index (χ1n) is 34.3. The summed E-state index contributed by atoms with van der Waals surface area (Å²) >= 11 is 0. The van der Waals surface area contributed by atoms with Gasteiger partial charge in [0.1, 0.15) is 13.2 Å². The van der Waals surface area contributed by atoms with Crippen molar-refractivity contribution in [2.75, 3.05) is 13.2 Å². The van der Waals surface area contributed by atoms with Crippen LogP contribution in [0.1, 0.15) is 303 Å². The predicted octanol–water partition coefficient (Wildman–Crippen LogP) is 23.9. The minimum Gasteiger partial charge on any atom is -0.462 e. The molecule has 6 nitrogen and oxygen atoms in total. The number of rotatable bonds is 61. The van der Waals surface area contributed by atoms with Gasteiger partial charge in [-0.3, -0.25) is 14.4 Å². The lowest BCUT2D eigenvalue weighted by Crippen LogP contribution is -2.30. The SMILES string of the molecule is CC/C=C\C/C=C\C/C=C\C/C=C\C/C=C\C/C=C\C/C=C\CCCC(=O)OCC(COC(=O)CCCCCCCCCCC/C=C\CCCCCCCCCC)OC(=O)CCCCCCCCCC/C=C\C/C=C\C/C=C\C/C=C\CC. The van der Waals surface area contributed by atoms with Gasteiger partial charge < -0.3 is 14.2 Å². The number of hydrogen-bond donors (Lipinski definition) is 0. The average molecular weight is 1150 g/mol. The van der Waals surface area contributed by atoms with E-state index in [0.29, 0.717) is 19.3 Å². The molecule has 0 aromatic carbocycles. The third-order valence-electron chi connectivity index (χ3n) is 14.3. The maximum Gasteiger partial charge on any atom is 0.306 e. The highest BCUT2D eigenvalue weighted by Crippen LogP contribution is 2.16. The number of hydrogen-bond acceptors (Lipinski definition) is 6. The molecule has 0 aliphatic rings. The van der Waals surface area contributed by atoms with E-state index in [1.54, 1.807) is 0 Å². The molecular formula is C77H126O6. The normalized spacial score (nSPS) is 13.0. The van der Waals surface area contributed by atoms with Crippen LogP contribution >= 0.6 is 0 Å². The molecule has 83 heavy (non-hydrogen) atoms. The van der Waals surface area contributed by atoms with Gasteiger partial charge in [0.05, 0.1) is 0 Å². The first-order chi connectivity index (χ1) is 41.0. The Morgan fingerprint density at radius 3 is 0.795 bits per heavy atom. The molecule has 0 radical (unpaired) electrons. The maximum absolute atomic E-state index is 13.0. The molecule has 0 rings (SSSR count). The number of carbonyl (C=O) groups is 3. The molecule has 1 unspecified atom stereocenters. The summed E-state index contributed by atoms with van der Waals surface area (Å²) in [4.78, 5) is 38.5. The number of allylic oxidation sites excluding steroid dienone is 24. The van der Waals surface area contributed by atoms with Crippen LogP contribution in [0.4, 0.5) is 0 Å². The second-order valence-corrected chi connectivity index (χ2v) is 22.3. The van der Waals surface area contributed by atoms with E-state index in [1.807, 2.05) is 0 Å². The van der Waals surface area contributed by atoms with E-state index in [9.17, 15) is 14.4 Å². The molecule has 470 valence electrons. The Hall–Kier alpha value is -4.71. The summed E-state index contributed by atoms with van der Waals surface area (Å²) in [5.74, 6) is -0.972.